The van der Waals surface area contributed by atoms with Crippen LogP contribution in [-0.4, -0.2) is 37.2 Å². The van der Waals surface area contributed by atoms with Crippen LogP contribution in [0, 0.1) is 0 Å². The van der Waals surface area contributed by atoms with Crippen molar-refractivity contribution >= 4 is 17.9 Å². The first-order valence-electron chi connectivity index (χ1n) is 31.3. The molecule has 1 atom stereocenters. The molecule has 0 amide bonds. The van der Waals surface area contributed by atoms with Crippen molar-refractivity contribution in [3.63, 3.8) is 0 Å². The Morgan fingerprint density at radius 3 is 0.903 bits per heavy atom. The third-order valence-corrected chi connectivity index (χ3v) is 13.8. The Bertz CT molecular complexity index is 1290. The minimum absolute atomic E-state index is 0.0842. The van der Waals surface area contributed by atoms with E-state index in [0.717, 1.165) is 103 Å². The molecule has 0 aliphatic rings. The molecule has 418 valence electrons. The Morgan fingerprint density at radius 1 is 0.292 bits per heavy atom. The van der Waals surface area contributed by atoms with Crippen molar-refractivity contribution in [3.8, 4) is 0 Å². The Morgan fingerprint density at radius 2 is 0.556 bits per heavy atom. The minimum Gasteiger partial charge on any atom is -0.462 e. The van der Waals surface area contributed by atoms with Gasteiger partial charge >= 0.3 is 17.9 Å². The van der Waals surface area contributed by atoms with Gasteiger partial charge in [0, 0.05) is 19.3 Å². The highest BCUT2D eigenvalue weighted by molar-refractivity contribution is 5.71. The van der Waals surface area contributed by atoms with Gasteiger partial charge < -0.3 is 14.2 Å². The summed E-state index contributed by atoms with van der Waals surface area (Å²) in [6.45, 7) is 6.50. The van der Waals surface area contributed by atoms with Crippen molar-refractivity contribution < 1.29 is 28.6 Å². The number of hydrogen-bond acceptors (Lipinski definition) is 6. The molecule has 0 aromatic rings. The predicted octanol–water partition coefficient (Wildman–Crippen LogP) is 21.2. The highest BCUT2D eigenvalue weighted by Crippen LogP contribution is 2.17. The minimum atomic E-state index is -0.789. The number of ether oxygens (including phenoxy) is 3. The van der Waals surface area contributed by atoms with Gasteiger partial charge in [-0.05, 0) is 77.0 Å². The van der Waals surface area contributed by atoms with Crippen LogP contribution in [0.3, 0.4) is 0 Å². The lowest BCUT2D eigenvalue weighted by atomic mass is 10.0. The molecule has 0 aliphatic carbocycles. The maximum Gasteiger partial charge on any atom is 0.306 e. The molecule has 0 aliphatic heterocycles. The molecule has 0 heterocycles. The summed E-state index contributed by atoms with van der Waals surface area (Å²) in [6, 6.07) is 0. The van der Waals surface area contributed by atoms with Crippen molar-refractivity contribution in [1.82, 2.24) is 0 Å². The van der Waals surface area contributed by atoms with E-state index in [1.807, 2.05) is 0 Å². The smallest absolute Gasteiger partial charge is 0.306 e. The number of rotatable bonds is 57. The normalized spacial score (nSPS) is 12.4. The molecule has 0 fully saturated rings. The van der Waals surface area contributed by atoms with Gasteiger partial charge in [-0.3, -0.25) is 14.4 Å². The Labute approximate surface area is 447 Å². The average Bonchev–Trinajstić information content (AvgIpc) is 3.38. The van der Waals surface area contributed by atoms with E-state index >= 15 is 0 Å². The predicted molar refractivity (Wildman–Crippen MR) is 312 cm³/mol. The maximum atomic E-state index is 12.9. The van der Waals surface area contributed by atoms with Gasteiger partial charge in [-0.1, -0.05) is 287 Å². The summed E-state index contributed by atoms with van der Waals surface area (Å²) in [5, 5.41) is 0. The van der Waals surface area contributed by atoms with Gasteiger partial charge in [0.2, 0.25) is 0 Å². The standard InChI is InChI=1S/C66H118O6/c1-4-7-10-13-16-19-22-24-26-28-29-30-31-32-33-34-35-36-38-39-41-44-47-50-53-56-59-65(68)71-62-63(61-70-64(67)58-55-52-49-46-43-21-18-15-12-9-6-3)72-66(69)60-57-54-51-48-45-42-40-37-27-25-23-20-17-14-11-8-5-2/h8,11,15,17-18,20,25,27,40,42,63H,4-7,9-10,12-14,16,19,21-24,26,28-39,41,43-62H2,1-3H3/b11-8-,18-15-,20-17-,27-25-,42-40-. The van der Waals surface area contributed by atoms with Gasteiger partial charge in [0.25, 0.3) is 0 Å². The molecule has 0 N–H and O–H groups in total. The topological polar surface area (TPSA) is 78.9 Å². The van der Waals surface area contributed by atoms with Gasteiger partial charge in [0.05, 0.1) is 0 Å². The zero-order valence-corrected chi connectivity index (χ0v) is 47.9. The van der Waals surface area contributed by atoms with E-state index < -0.39 is 6.10 Å². The van der Waals surface area contributed by atoms with Crippen molar-refractivity contribution in [1.29, 1.82) is 0 Å². The van der Waals surface area contributed by atoms with Gasteiger partial charge in [-0.2, -0.15) is 0 Å². The summed E-state index contributed by atoms with van der Waals surface area (Å²) in [4.78, 5) is 38.2. The Balaban J connectivity index is 4.22. The van der Waals surface area contributed by atoms with Crippen LogP contribution in [0.5, 0.6) is 0 Å². The number of allylic oxidation sites excluding steroid dienone is 10. The highest BCUT2D eigenvalue weighted by atomic mass is 16.6. The zero-order chi connectivity index (χ0) is 52.2. The van der Waals surface area contributed by atoms with Crippen LogP contribution < -0.4 is 0 Å². The maximum absolute atomic E-state index is 12.9. The fourth-order valence-electron chi connectivity index (χ4n) is 9.06. The second-order valence-corrected chi connectivity index (χ2v) is 20.9. The average molecular weight is 1010 g/mol. The van der Waals surface area contributed by atoms with E-state index in [-0.39, 0.29) is 31.1 Å². The van der Waals surface area contributed by atoms with E-state index in [0.29, 0.717) is 19.3 Å². The van der Waals surface area contributed by atoms with Gasteiger partial charge in [-0.25, -0.2) is 0 Å². The number of carbonyl (C=O) groups excluding carboxylic acids is 3. The molecule has 72 heavy (non-hydrogen) atoms. The quantitative estimate of drug-likeness (QED) is 0.0261. The molecular weight excluding hydrogens is 889 g/mol. The Kier molecular flexibility index (Phi) is 58.2. The van der Waals surface area contributed by atoms with E-state index in [1.165, 1.54) is 180 Å². The third-order valence-electron chi connectivity index (χ3n) is 13.8. The van der Waals surface area contributed by atoms with E-state index in [2.05, 4.69) is 81.5 Å². The molecule has 0 aromatic carbocycles. The summed E-state index contributed by atoms with van der Waals surface area (Å²) in [6.07, 6.45) is 76.7. The van der Waals surface area contributed by atoms with Crippen molar-refractivity contribution in [2.75, 3.05) is 13.2 Å². The van der Waals surface area contributed by atoms with Gasteiger partial charge in [-0.15, -0.1) is 0 Å². The number of carbonyl (C=O) groups is 3. The first-order valence-corrected chi connectivity index (χ1v) is 31.3. The first-order chi connectivity index (χ1) is 35.5. The third kappa shape index (κ3) is 58.0. The molecule has 0 aromatic heterocycles. The molecule has 0 saturated carbocycles. The number of unbranched alkanes of at least 4 members (excludes halogenated alkanes) is 36. The lowest BCUT2D eigenvalue weighted by Crippen LogP contribution is -2.30. The summed E-state index contributed by atoms with van der Waals surface area (Å²) >= 11 is 0. The fourth-order valence-corrected chi connectivity index (χ4v) is 9.06. The van der Waals surface area contributed by atoms with E-state index in [9.17, 15) is 14.4 Å². The molecule has 0 radical (unpaired) electrons. The molecule has 0 saturated heterocycles. The summed E-state index contributed by atoms with van der Waals surface area (Å²) in [5.74, 6) is -0.904. The van der Waals surface area contributed by atoms with E-state index in [4.69, 9.17) is 14.2 Å². The van der Waals surface area contributed by atoms with Crippen LogP contribution >= 0.6 is 0 Å². The monoisotopic (exact) mass is 1010 g/mol. The van der Waals surface area contributed by atoms with Crippen LogP contribution in [0.4, 0.5) is 0 Å². The van der Waals surface area contributed by atoms with Crippen LogP contribution in [-0.2, 0) is 28.6 Å². The van der Waals surface area contributed by atoms with Gasteiger partial charge in [0.1, 0.15) is 13.2 Å². The second kappa shape index (κ2) is 60.7. The van der Waals surface area contributed by atoms with Crippen molar-refractivity contribution in [3.05, 3.63) is 60.8 Å². The zero-order valence-electron chi connectivity index (χ0n) is 47.9. The first kappa shape index (κ1) is 69.1. The lowest BCUT2D eigenvalue weighted by Gasteiger charge is -2.18. The number of esters is 3. The van der Waals surface area contributed by atoms with Gasteiger partial charge in [0.15, 0.2) is 6.10 Å². The molecule has 1 unspecified atom stereocenters. The van der Waals surface area contributed by atoms with Crippen molar-refractivity contribution in [2.45, 2.75) is 329 Å². The lowest BCUT2D eigenvalue weighted by molar-refractivity contribution is -0.167. The molecular formula is C66H118O6. The Hall–Kier alpha value is -2.89. The van der Waals surface area contributed by atoms with E-state index in [1.54, 1.807) is 0 Å². The molecule has 0 rings (SSSR count). The van der Waals surface area contributed by atoms with Crippen molar-refractivity contribution in [2.24, 2.45) is 0 Å². The molecule has 6 nitrogen and oxygen atoms in total. The summed E-state index contributed by atoms with van der Waals surface area (Å²) in [5.41, 5.74) is 0. The molecule has 6 heteroatoms. The largest absolute Gasteiger partial charge is 0.462 e. The SMILES string of the molecule is CC/C=C\C/C=C\C/C=C\C/C=C\CCCCCCC(=O)OC(COC(=O)CCCCCCC/C=C\CCCC)COC(=O)CCCCCCCCCCCCCCCCCCCCCCCCCCCC. The number of hydrogen-bond donors (Lipinski definition) is 0. The van der Waals surface area contributed by atoms with Crippen LogP contribution in [0.1, 0.15) is 323 Å². The summed E-state index contributed by atoms with van der Waals surface area (Å²) in [7, 11) is 0. The summed E-state index contributed by atoms with van der Waals surface area (Å²) < 4.78 is 16.9. The highest BCUT2D eigenvalue weighted by Gasteiger charge is 2.19. The van der Waals surface area contributed by atoms with Crippen LogP contribution in [0.25, 0.3) is 0 Å². The van der Waals surface area contributed by atoms with Crippen LogP contribution in [0.15, 0.2) is 60.8 Å². The molecule has 0 bridgehead atoms. The van der Waals surface area contributed by atoms with Crippen LogP contribution in [0.2, 0.25) is 0 Å². The molecule has 0 spiro atoms. The second-order valence-electron chi connectivity index (χ2n) is 20.9. The fraction of sp³-hybridized carbons (Fsp3) is 0.803.